The first-order chi connectivity index (χ1) is 7.06. The first-order valence-electron chi connectivity index (χ1n) is 4.73. The van der Waals surface area contributed by atoms with E-state index in [1.165, 1.54) is 11.3 Å². The number of carboxylic acids is 1. The van der Waals surface area contributed by atoms with Gasteiger partial charge in [-0.25, -0.2) is 4.79 Å². The van der Waals surface area contributed by atoms with Crippen molar-refractivity contribution < 1.29 is 14.1 Å². The lowest BCUT2D eigenvalue weighted by molar-refractivity contribution is 0.0701. The zero-order valence-corrected chi connectivity index (χ0v) is 10.4. The van der Waals surface area contributed by atoms with Crippen LogP contribution in [0.4, 0.5) is 0 Å². The van der Waals surface area contributed by atoms with Gasteiger partial charge in [0.15, 0.2) is 0 Å². The van der Waals surface area contributed by atoms with Crippen LogP contribution in [0.5, 0.6) is 0 Å². The molecular weight excluding hydrogens is 232 g/mol. The summed E-state index contributed by atoms with van der Waals surface area (Å²) in [6.07, 6.45) is 0.846. The van der Waals surface area contributed by atoms with E-state index in [9.17, 15) is 9.00 Å². The number of aromatic carboxylic acids is 1. The second kappa shape index (κ2) is 5.42. The predicted molar refractivity (Wildman–Crippen MR) is 62.9 cm³/mol. The van der Waals surface area contributed by atoms with Crippen LogP contribution in [-0.2, 0) is 16.6 Å². The molecule has 0 bridgehead atoms. The maximum absolute atomic E-state index is 11.7. The highest BCUT2D eigenvalue weighted by molar-refractivity contribution is 7.84. The molecule has 3 nitrogen and oxygen atoms in total. The number of hydrogen-bond acceptors (Lipinski definition) is 3. The molecule has 1 N–H and O–H groups in total. The van der Waals surface area contributed by atoms with Crippen molar-refractivity contribution in [2.45, 2.75) is 31.3 Å². The highest BCUT2D eigenvalue weighted by atomic mass is 32.2. The van der Waals surface area contributed by atoms with Gasteiger partial charge in [0, 0.05) is 16.0 Å². The van der Waals surface area contributed by atoms with Gasteiger partial charge in [-0.3, -0.25) is 4.21 Å². The highest BCUT2D eigenvalue weighted by Gasteiger charge is 2.16. The molecule has 0 amide bonds. The Morgan fingerprint density at radius 3 is 2.87 bits per heavy atom. The van der Waals surface area contributed by atoms with Gasteiger partial charge < -0.3 is 5.11 Å². The summed E-state index contributed by atoms with van der Waals surface area (Å²) in [6, 6.07) is 1.74. The fraction of sp³-hybridized carbons (Fsp3) is 0.500. The number of hydrogen-bond donors (Lipinski definition) is 1. The number of carboxylic acid groups (broad SMARTS) is 1. The molecule has 2 atom stereocenters. The summed E-state index contributed by atoms with van der Waals surface area (Å²) in [6.45, 7) is 3.90. The zero-order valence-electron chi connectivity index (χ0n) is 8.73. The molecule has 1 aromatic heterocycles. The molecule has 0 spiro atoms. The first-order valence-corrected chi connectivity index (χ1v) is 6.99. The van der Waals surface area contributed by atoms with Crippen molar-refractivity contribution in [3.63, 3.8) is 0 Å². The molecule has 0 saturated carbocycles. The lowest BCUT2D eigenvalue weighted by Crippen LogP contribution is -2.12. The van der Waals surface area contributed by atoms with Crippen molar-refractivity contribution in [1.82, 2.24) is 0 Å². The third-order valence-corrected chi connectivity index (χ3v) is 5.03. The topological polar surface area (TPSA) is 54.4 Å². The second-order valence-electron chi connectivity index (χ2n) is 3.32. The maximum Gasteiger partial charge on any atom is 0.346 e. The summed E-state index contributed by atoms with van der Waals surface area (Å²) in [5.41, 5.74) is 0.686. The molecule has 2 unspecified atom stereocenters. The van der Waals surface area contributed by atoms with Gasteiger partial charge in [0.25, 0.3) is 0 Å². The van der Waals surface area contributed by atoms with Crippen molar-refractivity contribution >= 4 is 28.1 Å². The molecule has 84 valence electrons. The Morgan fingerprint density at radius 1 is 1.67 bits per heavy atom. The summed E-state index contributed by atoms with van der Waals surface area (Å²) in [5, 5.41) is 10.7. The molecule has 1 heterocycles. The van der Waals surface area contributed by atoms with E-state index in [2.05, 4.69) is 0 Å². The fourth-order valence-corrected chi connectivity index (χ4v) is 3.17. The molecule has 1 rings (SSSR count). The number of thiophene rings is 1. The van der Waals surface area contributed by atoms with Gasteiger partial charge in [-0.15, -0.1) is 11.3 Å². The predicted octanol–water partition coefficient (Wildman–Crippen LogP) is 2.49. The lowest BCUT2D eigenvalue weighted by Gasteiger charge is -2.07. The Morgan fingerprint density at radius 2 is 2.33 bits per heavy atom. The van der Waals surface area contributed by atoms with Crippen LogP contribution in [0.25, 0.3) is 0 Å². The summed E-state index contributed by atoms with van der Waals surface area (Å²) in [5.74, 6) is -0.582. The van der Waals surface area contributed by atoms with Crippen LogP contribution in [-0.4, -0.2) is 20.5 Å². The molecule has 0 radical (unpaired) electrons. The number of carbonyl (C=O) groups is 1. The zero-order chi connectivity index (χ0) is 11.4. The van der Waals surface area contributed by atoms with Crippen LogP contribution < -0.4 is 0 Å². The first kappa shape index (κ1) is 12.4. The molecular formula is C10H14O3S2. The van der Waals surface area contributed by atoms with E-state index in [-0.39, 0.29) is 5.25 Å². The summed E-state index contributed by atoms with van der Waals surface area (Å²) in [7, 11) is -0.978. The molecule has 5 heteroatoms. The van der Waals surface area contributed by atoms with E-state index in [0.29, 0.717) is 16.2 Å². The van der Waals surface area contributed by atoms with Crippen molar-refractivity contribution in [3.8, 4) is 0 Å². The number of rotatable bonds is 5. The average molecular weight is 246 g/mol. The third kappa shape index (κ3) is 3.14. The Balaban J connectivity index is 2.76. The van der Waals surface area contributed by atoms with Crippen molar-refractivity contribution in [3.05, 3.63) is 21.9 Å². The second-order valence-corrected chi connectivity index (χ2v) is 6.10. The van der Waals surface area contributed by atoms with Gasteiger partial charge >= 0.3 is 5.97 Å². The molecule has 1 aromatic rings. The SMILES string of the molecule is CCC(C)S(=O)Cc1ccsc1C(=O)O. The summed E-state index contributed by atoms with van der Waals surface area (Å²) in [4.78, 5) is 11.1. The van der Waals surface area contributed by atoms with Gasteiger partial charge in [0.2, 0.25) is 0 Å². The van der Waals surface area contributed by atoms with Gasteiger partial charge in [-0.2, -0.15) is 0 Å². The Hall–Kier alpha value is -0.680. The van der Waals surface area contributed by atoms with Gasteiger partial charge in [0.05, 0.1) is 5.75 Å². The van der Waals surface area contributed by atoms with E-state index in [1.807, 2.05) is 13.8 Å². The molecule has 0 aliphatic carbocycles. The minimum atomic E-state index is -0.978. The van der Waals surface area contributed by atoms with Crippen LogP contribution in [0, 0.1) is 0 Å². The summed E-state index contributed by atoms with van der Waals surface area (Å²) < 4.78 is 11.7. The van der Waals surface area contributed by atoms with E-state index >= 15 is 0 Å². The lowest BCUT2D eigenvalue weighted by atomic mass is 10.3. The minimum Gasteiger partial charge on any atom is -0.477 e. The fourth-order valence-electron chi connectivity index (χ4n) is 1.12. The average Bonchev–Trinajstić information content (AvgIpc) is 2.64. The Bertz CT molecular complexity index is 370. The molecule has 0 aliphatic heterocycles. The standard InChI is InChI=1S/C10H14O3S2/c1-3-7(2)15(13)6-8-4-5-14-9(8)10(11)12/h4-5,7H,3,6H2,1-2H3,(H,11,12). The van der Waals surface area contributed by atoms with Crippen LogP contribution in [0.15, 0.2) is 11.4 Å². The highest BCUT2D eigenvalue weighted by Crippen LogP contribution is 2.19. The smallest absolute Gasteiger partial charge is 0.346 e. The van der Waals surface area contributed by atoms with Gasteiger partial charge in [-0.1, -0.05) is 13.8 Å². The van der Waals surface area contributed by atoms with E-state index < -0.39 is 16.8 Å². The molecule has 0 aromatic carbocycles. The quantitative estimate of drug-likeness (QED) is 0.868. The summed E-state index contributed by atoms with van der Waals surface area (Å²) >= 11 is 1.18. The normalized spacial score (nSPS) is 14.8. The van der Waals surface area contributed by atoms with Crippen LogP contribution in [0.2, 0.25) is 0 Å². The van der Waals surface area contributed by atoms with Gasteiger partial charge in [-0.05, 0) is 23.4 Å². The molecule has 0 saturated heterocycles. The monoisotopic (exact) mass is 246 g/mol. The van der Waals surface area contributed by atoms with E-state index in [0.717, 1.165) is 6.42 Å². The van der Waals surface area contributed by atoms with Crippen LogP contribution in [0.3, 0.4) is 0 Å². The molecule has 0 fully saturated rings. The van der Waals surface area contributed by atoms with Gasteiger partial charge in [0.1, 0.15) is 4.88 Å². The van der Waals surface area contributed by atoms with Crippen LogP contribution in [0.1, 0.15) is 35.5 Å². The van der Waals surface area contributed by atoms with E-state index in [1.54, 1.807) is 11.4 Å². The maximum atomic E-state index is 11.7. The van der Waals surface area contributed by atoms with Crippen LogP contribution >= 0.6 is 11.3 Å². The molecule has 0 aliphatic rings. The van der Waals surface area contributed by atoms with E-state index in [4.69, 9.17) is 5.11 Å². The molecule has 15 heavy (non-hydrogen) atoms. The third-order valence-electron chi connectivity index (χ3n) is 2.26. The largest absolute Gasteiger partial charge is 0.477 e. The Kier molecular flexibility index (Phi) is 4.47. The van der Waals surface area contributed by atoms with Crippen molar-refractivity contribution in [2.75, 3.05) is 0 Å². The van der Waals surface area contributed by atoms with Crippen molar-refractivity contribution in [2.24, 2.45) is 0 Å². The van der Waals surface area contributed by atoms with Crippen molar-refractivity contribution in [1.29, 1.82) is 0 Å². The minimum absolute atomic E-state index is 0.117. The Labute approximate surface area is 95.6 Å².